The van der Waals surface area contributed by atoms with Crippen LogP contribution in [0.25, 0.3) is 0 Å². The van der Waals surface area contributed by atoms with Crippen molar-refractivity contribution in [1.29, 1.82) is 0 Å². The fourth-order valence-electron chi connectivity index (χ4n) is 1.86. The number of ether oxygens (including phenoxy) is 2. The molecule has 2 rings (SSSR count). The summed E-state index contributed by atoms with van der Waals surface area (Å²) in [5.41, 5.74) is 0.669. The molecule has 1 N–H and O–H groups in total. The maximum absolute atomic E-state index is 12.3. The predicted molar refractivity (Wildman–Crippen MR) is 59.3 cm³/mol. The Kier molecular flexibility index (Phi) is 4.28. The molecule has 0 spiro atoms. The van der Waals surface area contributed by atoms with Crippen LogP contribution < -0.4 is 10.1 Å². The second-order valence-electron chi connectivity index (χ2n) is 3.83. The van der Waals surface area contributed by atoms with Gasteiger partial charge in [0.15, 0.2) is 0 Å². The van der Waals surface area contributed by atoms with Crippen LogP contribution >= 0.6 is 0 Å². The molecule has 5 heteroatoms. The average Bonchev–Trinajstić information content (AvgIpc) is 2.57. The van der Waals surface area contributed by atoms with Crippen molar-refractivity contribution >= 4 is 0 Å². The summed E-state index contributed by atoms with van der Waals surface area (Å²) in [5, 5.41) is 3.21. The summed E-state index contributed by atoms with van der Waals surface area (Å²) in [6, 6.07) is 6.76. The quantitative estimate of drug-likeness (QED) is 0.883. The minimum Gasteiger partial charge on any atom is -0.434 e. The average molecular weight is 243 g/mol. The standard InChI is InChI=1S/C12H15F2NO2/c13-12(14)17-10-5-2-1-4-9(10)11-8-15-6-3-7-16-11/h1-2,4-5,11-12,15H,3,6-8H2. The Morgan fingerprint density at radius 1 is 1.35 bits per heavy atom. The van der Waals surface area contributed by atoms with E-state index >= 15 is 0 Å². The molecule has 0 bridgehead atoms. The van der Waals surface area contributed by atoms with Gasteiger partial charge in [-0.3, -0.25) is 0 Å². The maximum atomic E-state index is 12.3. The Morgan fingerprint density at radius 3 is 3.00 bits per heavy atom. The van der Waals surface area contributed by atoms with E-state index in [0.29, 0.717) is 18.7 Å². The molecule has 17 heavy (non-hydrogen) atoms. The number of hydrogen-bond acceptors (Lipinski definition) is 3. The van der Waals surface area contributed by atoms with Gasteiger partial charge in [-0.2, -0.15) is 8.78 Å². The fourth-order valence-corrected chi connectivity index (χ4v) is 1.86. The van der Waals surface area contributed by atoms with E-state index in [0.717, 1.165) is 13.0 Å². The van der Waals surface area contributed by atoms with Gasteiger partial charge in [0.1, 0.15) is 5.75 Å². The van der Waals surface area contributed by atoms with Gasteiger partial charge in [-0.25, -0.2) is 0 Å². The third kappa shape index (κ3) is 3.38. The molecule has 1 atom stereocenters. The second kappa shape index (κ2) is 5.93. The van der Waals surface area contributed by atoms with E-state index in [1.807, 2.05) is 0 Å². The SMILES string of the molecule is FC(F)Oc1ccccc1C1CNCCCO1. The van der Waals surface area contributed by atoms with Crippen LogP contribution in [-0.2, 0) is 4.74 Å². The number of alkyl halides is 2. The highest BCUT2D eigenvalue weighted by Crippen LogP contribution is 2.29. The van der Waals surface area contributed by atoms with Gasteiger partial charge in [-0.1, -0.05) is 18.2 Å². The summed E-state index contributed by atoms with van der Waals surface area (Å²) < 4.78 is 34.7. The largest absolute Gasteiger partial charge is 0.434 e. The molecule has 0 amide bonds. The van der Waals surface area contributed by atoms with Crippen molar-refractivity contribution in [3.63, 3.8) is 0 Å². The Morgan fingerprint density at radius 2 is 2.18 bits per heavy atom. The molecule has 0 aromatic heterocycles. The summed E-state index contributed by atoms with van der Waals surface area (Å²) in [6.45, 7) is -0.687. The van der Waals surface area contributed by atoms with Crippen molar-refractivity contribution in [3.8, 4) is 5.75 Å². The molecule has 1 aromatic carbocycles. The number of para-hydroxylation sites is 1. The lowest BCUT2D eigenvalue weighted by Crippen LogP contribution is -2.20. The van der Waals surface area contributed by atoms with Crippen molar-refractivity contribution in [2.75, 3.05) is 19.7 Å². The summed E-state index contributed by atoms with van der Waals surface area (Å²) >= 11 is 0. The molecule has 1 heterocycles. The van der Waals surface area contributed by atoms with Gasteiger partial charge in [-0.05, 0) is 19.0 Å². The number of rotatable bonds is 3. The molecule has 94 valence electrons. The van der Waals surface area contributed by atoms with Crippen LogP contribution in [0.4, 0.5) is 8.78 Å². The number of halogens is 2. The van der Waals surface area contributed by atoms with E-state index < -0.39 is 6.61 Å². The highest BCUT2D eigenvalue weighted by atomic mass is 19.3. The monoisotopic (exact) mass is 243 g/mol. The van der Waals surface area contributed by atoms with E-state index in [2.05, 4.69) is 10.1 Å². The van der Waals surface area contributed by atoms with Gasteiger partial charge in [0, 0.05) is 18.7 Å². The third-order valence-electron chi connectivity index (χ3n) is 2.63. The smallest absolute Gasteiger partial charge is 0.387 e. The van der Waals surface area contributed by atoms with E-state index in [9.17, 15) is 8.78 Å². The molecule has 1 aromatic rings. The second-order valence-corrected chi connectivity index (χ2v) is 3.83. The molecule has 3 nitrogen and oxygen atoms in total. The Balaban J connectivity index is 2.17. The predicted octanol–water partition coefficient (Wildman–Crippen LogP) is 2.34. The number of hydrogen-bond donors (Lipinski definition) is 1. The number of nitrogens with one attached hydrogen (secondary N) is 1. The molecule has 0 saturated carbocycles. The lowest BCUT2D eigenvalue weighted by atomic mass is 10.1. The first-order valence-electron chi connectivity index (χ1n) is 5.63. The molecule has 0 aliphatic carbocycles. The topological polar surface area (TPSA) is 30.5 Å². The molecule has 1 saturated heterocycles. The van der Waals surface area contributed by atoms with Crippen LogP contribution in [-0.4, -0.2) is 26.3 Å². The Bertz CT molecular complexity index is 352. The molecule has 1 fully saturated rings. The maximum Gasteiger partial charge on any atom is 0.387 e. The first-order valence-corrected chi connectivity index (χ1v) is 5.63. The zero-order valence-electron chi connectivity index (χ0n) is 9.36. The molecule has 1 aliphatic rings. The van der Waals surface area contributed by atoms with E-state index in [1.165, 1.54) is 6.07 Å². The highest BCUT2D eigenvalue weighted by molar-refractivity contribution is 5.35. The van der Waals surface area contributed by atoms with Gasteiger partial charge in [0.05, 0.1) is 6.10 Å². The van der Waals surface area contributed by atoms with Crippen LogP contribution in [0.15, 0.2) is 24.3 Å². The zero-order chi connectivity index (χ0) is 12.1. The minimum atomic E-state index is -2.81. The summed E-state index contributed by atoms with van der Waals surface area (Å²) in [7, 11) is 0. The van der Waals surface area contributed by atoms with Crippen molar-refractivity contribution in [2.45, 2.75) is 19.1 Å². The van der Waals surface area contributed by atoms with Crippen LogP contribution in [0, 0.1) is 0 Å². The molecular formula is C12H15F2NO2. The molecule has 0 radical (unpaired) electrons. The van der Waals surface area contributed by atoms with Gasteiger partial charge < -0.3 is 14.8 Å². The lowest BCUT2D eigenvalue weighted by molar-refractivity contribution is -0.0524. The van der Waals surface area contributed by atoms with Gasteiger partial charge in [0.2, 0.25) is 0 Å². The molecule has 1 aliphatic heterocycles. The number of benzene rings is 1. The highest BCUT2D eigenvalue weighted by Gasteiger charge is 2.19. The van der Waals surface area contributed by atoms with Crippen molar-refractivity contribution in [1.82, 2.24) is 5.32 Å². The van der Waals surface area contributed by atoms with E-state index in [1.54, 1.807) is 18.2 Å². The Labute approximate surface area is 98.7 Å². The van der Waals surface area contributed by atoms with Crippen LogP contribution in [0.3, 0.4) is 0 Å². The van der Waals surface area contributed by atoms with Crippen LogP contribution in [0.2, 0.25) is 0 Å². The summed E-state index contributed by atoms with van der Waals surface area (Å²) in [4.78, 5) is 0. The summed E-state index contributed by atoms with van der Waals surface area (Å²) in [5.74, 6) is 0.191. The van der Waals surface area contributed by atoms with Crippen molar-refractivity contribution in [3.05, 3.63) is 29.8 Å². The first kappa shape index (κ1) is 12.3. The normalized spacial score (nSPS) is 21.2. The minimum absolute atomic E-state index is 0.191. The third-order valence-corrected chi connectivity index (χ3v) is 2.63. The van der Waals surface area contributed by atoms with Crippen molar-refractivity contribution in [2.24, 2.45) is 0 Å². The van der Waals surface area contributed by atoms with E-state index in [-0.39, 0.29) is 11.9 Å². The summed E-state index contributed by atoms with van der Waals surface area (Å²) in [6.07, 6.45) is 0.696. The fraction of sp³-hybridized carbons (Fsp3) is 0.500. The molecular weight excluding hydrogens is 228 g/mol. The lowest BCUT2D eigenvalue weighted by Gasteiger charge is -2.18. The van der Waals surface area contributed by atoms with Crippen LogP contribution in [0.1, 0.15) is 18.1 Å². The van der Waals surface area contributed by atoms with Crippen LogP contribution in [0.5, 0.6) is 5.75 Å². The van der Waals surface area contributed by atoms with E-state index in [4.69, 9.17) is 4.74 Å². The first-order chi connectivity index (χ1) is 8.27. The van der Waals surface area contributed by atoms with Gasteiger partial charge >= 0.3 is 6.61 Å². The van der Waals surface area contributed by atoms with Gasteiger partial charge in [0.25, 0.3) is 0 Å². The van der Waals surface area contributed by atoms with Crippen molar-refractivity contribution < 1.29 is 18.3 Å². The Hall–Kier alpha value is -1.20. The molecule has 1 unspecified atom stereocenters. The van der Waals surface area contributed by atoms with Gasteiger partial charge in [-0.15, -0.1) is 0 Å². The zero-order valence-corrected chi connectivity index (χ0v) is 9.36.